The van der Waals surface area contributed by atoms with Gasteiger partial charge in [0, 0.05) is 18.3 Å². The Morgan fingerprint density at radius 2 is 1.85 bits per heavy atom. The number of hydrogen-bond acceptors (Lipinski definition) is 5. The Hall–Kier alpha value is -0.230. The molecule has 1 aliphatic carbocycles. The Morgan fingerprint density at radius 3 is 2.45 bits per heavy atom. The number of aliphatic imine (C=N–C) groups is 1. The van der Waals surface area contributed by atoms with Gasteiger partial charge >= 0.3 is 0 Å². The molecule has 1 N–H and O–H groups in total. The summed E-state index contributed by atoms with van der Waals surface area (Å²) in [5.41, 5.74) is 0.462. The van der Waals surface area contributed by atoms with Crippen LogP contribution in [0.25, 0.3) is 0 Å². The highest BCUT2D eigenvalue weighted by Crippen LogP contribution is 2.41. The second-order valence-corrected chi connectivity index (χ2v) is 9.81. The molecule has 6 heteroatoms. The molecule has 0 atom stereocenters. The van der Waals surface area contributed by atoms with Crippen molar-refractivity contribution in [2.24, 2.45) is 10.4 Å². The van der Waals surface area contributed by atoms with E-state index in [1.165, 1.54) is 37.9 Å². The topological polar surface area (TPSA) is 58.5 Å². The zero-order chi connectivity index (χ0) is 14.1. The maximum Gasteiger partial charge on any atom is 0.156 e. The Morgan fingerprint density at radius 1 is 1.15 bits per heavy atom. The molecule has 1 spiro atoms. The van der Waals surface area contributed by atoms with E-state index in [0.29, 0.717) is 23.0 Å². The second-order valence-electron chi connectivity index (χ2n) is 6.54. The molecule has 4 nitrogen and oxygen atoms in total. The van der Waals surface area contributed by atoms with Gasteiger partial charge in [0.25, 0.3) is 0 Å². The van der Waals surface area contributed by atoms with E-state index in [2.05, 4.69) is 5.32 Å². The monoisotopic (exact) mass is 316 g/mol. The van der Waals surface area contributed by atoms with Crippen LogP contribution >= 0.6 is 11.8 Å². The quantitative estimate of drug-likeness (QED) is 0.806. The van der Waals surface area contributed by atoms with Gasteiger partial charge < -0.3 is 5.32 Å². The van der Waals surface area contributed by atoms with Crippen LogP contribution in [0.2, 0.25) is 0 Å². The van der Waals surface area contributed by atoms with Gasteiger partial charge in [-0.3, -0.25) is 4.99 Å². The van der Waals surface area contributed by atoms with Gasteiger partial charge in [-0.05, 0) is 31.1 Å². The lowest BCUT2D eigenvalue weighted by Crippen LogP contribution is -2.43. The van der Waals surface area contributed by atoms with Gasteiger partial charge in [0.2, 0.25) is 0 Å². The first-order chi connectivity index (χ1) is 9.57. The molecular weight excluding hydrogens is 292 g/mol. The number of amidine groups is 1. The summed E-state index contributed by atoms with van der Waals surface area (Å²) >= 11 is 1.85. The third-order valence-electron chi connectivity index (χ3n) is 4.87. The third kappa shape index (κ3) is 3.50. The average molecular weight is 316 g/mol. The smallest absolute Gasteiger partial charge is 0.156 e. The van der Waals surface area contributed by atoms with Gasteiger partial charge in [0.1, 0.15) is 9.84 Å². The molecule has 2 heterocycles. The SMILES string of the molecule is O=S1(=O)CCC(NC2=NCC3(CCCCC3)CS2)CC1. The zero-order valence-electron chi connectivity index (χ0n) is 11.9. The number of hydrogen-bond donors (Lipinski definition) is 1. The number of nitrogens with one attached hydrogen (secondary N) is 1. The van der Waals surface area contributed by atoms with Crippen molar-refractivity contribution in [1.82, 2.24) is 5.32 Å². The summed E-state index contributed by atoms with van der Waals surface area (Å²) in [6.45, 7) is 0.966. The lowest BCUT2D eigenvalue weighted by Gasteiger charge is -2.39. The van der Waals surface area contributed by atoms with Crippen LogP contribution in [0, 0.1) is 5.41 Å². The van der Waals surface area contributed by atoms with Crippen LogP contribution in [0.3, 0.4) is 0 Å². The highest BCUT2D eigenvalue weighted by Gasteiger charge is 2.35. The van der Waals surface area contributed by atoms with Gasteiger partial charge in [0.05, 0.1) is 11.5 Å². The number of rotatable bonds is 1. The van der Waals surface area contributed by atoms with Crippen molar-refractivity contribution < 1.29 is 8.42 Å². The molecule has 0 unspecified atom stereocenters. The molecule has 1 saturated heterocycles. The molecule has 2 aliphatic heterocycles. The summed E-state index contributed by atoms with van der Waals surface area (Å²) in [7, 11) is -2.77. The molecule has 0 radical (unpaired) electrons. The van der Waals surface area contributed by atoms with Gasteiger partial charge in [0.15, 0.2) is 5.17 Å². The highest BCUT2D eigenvalue weighted by molar-refractivity contribution is 8.13. The standard InChI is InChI=1S/C14H24N2O2S2/c17-20(18)8-4-12(5-9-20)16-13-15-10-14(11-19-13)6-2-1-3-7-14/h12H,1-11H2,(H,15,16). The lowest BCUT2D eigenvalue weighted by atomic mass is 9.75. The van der Waals surface area contributed by atoms with E-state index in [1.807, 2.05) is 11.8 Å². The summed E-state index contributed by atoms with van der Waals surface area (Å²) in [6, 6.07) is 0.296. The summed E-state index contributed by atoms with van der Waals surface area (Å²) in [5, 5.41) is 4.51. The molecule has 20 heavy (non-hydrogen) atoms. The molecular formula is C14H24N2O2S2. The fourth-order valence-electron chi connectivity index (χ4n) is 3.45. The van der Waals surface area contributed by atoms with E-state index >= 15 is 0 Å². The summed E-state index contributed by atoms with van der Waals surface area (Å²) < 4.78 is 22.9. The Bertz CT molecular complexity index is 467. The normalized spacial score (nSPS) is 29.9. The molecule has 0 aromatic heterocycles. The van der Waals surface area contributed by atoms with Crippen molar-refractivity contribution in [2.45, 2.75) is 51.0 Å². The maximum atomic E-state index is 11.4. The largest absolute Gasteiger partial charge is 0.362 e. The predicted molar refractivity (Wildman–Crippen MR) is 85.1 cm³/mol. The van der Waals surface area contributed by atoms with Crippen LogP contribution in [-0.4, -0.2) is 43.4 Å². The van der Waals surface area contributed by atoms with Crippen LogP contribution in [-0.2, 0) is 9.84 Å². The predicted octanol–water partition coefficient (Wildman–Crippen LogP) is 2.21. The molecule has 3 aliphatic rings. The number of nitrogens with zero attached hydrogens (tertiary/aromatic N) is 1. The van der Waals surface area contributed by atoms with Gasteiger partial charge in [-0.1, -0.05) is 31.0 Å². The minimum atomic E-state index is -2.77. The van der Waals surface area contributed by atoms with Crippen molar-refractivity contribution in [3.63, 3.8) is 0 Å². The summed E-state index contributed by atoms with van der Waals surface area (Å²) in [5.74, 6) is 1.84. The molecule has 2 fully saturated rings. The maximum absolute atomic E-state index is 11.4. The first-order valence-corrected chi connectivity index (χ1v) is 10.5. The van der Waals surface area contributed by atoms with E-state index in [4.69, 9.17) is 4.99 Å². The van der Waals surface area contributed by atoms with Crippen molar-refractivity contribution in [3.05, 3.63) is 0 Å². The second kappa shape index (κ2) is 5.87. The minimum absolute atomic E-state index is 0.296. The molecule has 0 aromatic rings. The third-order valence-corrected chi connectivity index (χ3v) is 7.86. The Balaban J connectivity index is 1.52. The van der Waals surface area contributed by atoms with Crippen molar-refractivity contribution >= 4 is 26.8 Å². The fourth-order valence-corrected chi connectivity index (χ4v) is 6.17. The molecule has 3 rings (SSSR count). The Labute approximate surface area is 126 Å². The van der Waals surface area contributed by atoms with Crippen molar-refractivity contribution in [2.75, 3.05) is 23.8 Å². The fraction of sp³-hybridized carbons (Fsp3) is 0.929. The first-order valence-electron chi connectivity index (χ1n) is 7.71. The van der Waals surface area contributed by atoms with Crippen molar-refractivity contribution in [3.8, 4) is 0 Å². The average Bonchev–Trinajstić information content (AvgIpc) is 2.45. The minimum Gasteiger partial charge on any atom is -0.362 e. The number of thioether (sulfide) groups is 1. The highest BCUT2D eigenvalue weighted by atomic mass is 32.2. The van der Waals surface area contributed by atoms with Gasteiger partial charge in [-0.2, -0.15) is 0 Å². The van der Waals surface area contributed by atoms with Gasteiger partial charge in [-0.15, -0.1) is 0 Å². The van der Waals surface area contributed by atoms with Crippen LogP contribution in [0.5, 0.6) is 0 Å². The Kier molecular flexibility index (Phi) is 4.32. The molecule has 0 aromatic carbocycles. The van der Waals surface area contributed by atoms with Crippen LogP contribution < -0.4 is 5.32 Å². The van der Waals surface area contributed by atoms with E-state index in [-0.39, 0.29) is 0 Å². The first kappa shape index (κ1) is 14.7. The lowest BCUT2D eigenvalue weighted by molar-refractivity contribution is 0.232. The van der Waals surface area contributed by atoms with E-state index in [0.717, 1.165) is 24.6 Å². The van der Waals surface area contributed by atoms with Crippen LogP contribution in [0.15, 0.2) is 4.99 Å². The molecule has 114 valence electrons. The zero-order valence-corrected chi connectivity index (χ0v) is 13.6. The van der Waals surface area contributed by atoms with E-state index < -0.39 is 9.84 Å². The van der Waals surface area contributed by atoms with Crippen molar-refractivity contribution in [1.29, 1.82) is 0 Å². The van der Waals surface area contributed by atoms with E-state index in [9.17, 15) is 8.42 Å². The number of sulfone groups is 1. The molecule has 0 amide bonds. The van der Waals surface area contributed by atoms with E-state index in [1.54, 1.807) is 0 Å². The molecule has 0 bridgehead atoms. The summed E-state index contributed by atoms with van der Waals surface area (Å²) in [6.07, 6.45) is 8.23. The molecule has 1 saturated carbocycles. The van der Waals surface area contributed by atoms with Crippen LogP contribution in [0.1, 0.15) is 44.9 Å². The summed E-state index contributed by atoms with van der Waals surface area (Å²) in [4.78, 5) is 4.76. The van der Waals surface area contributed by atoms with Gasteiger partial charge in [-0.25, -0.2) is 8.42 Å². The van der Waals surface area contributed by atoms with Crippen LogP contribution in [0.4, 0.5) is 0 Å².